The highest BCUT2D eigenvalue weighted by Crippen LogP contribution is 2.01. The molecule has 0 saturated heterocycles. The lowest BCUT2D eigenvalue weighted by molar-refractivity contribution is -0.122. The molecule has 1 aromatic carbocycles. The van der Waals surface area contributed by atoms with Gasteiger partial charge in [0.1, 0.15) is 0 Å². The van der Waals surface area contributed by atoms with Crippen molar-refractivity contribution in [1.29, 1.82) is 0 Å². The molecule has 4 nitrogen and oxygen atoms in total. The summed E-state index contributed by atoms with van der Waals surface area (Å²) in [6.07, 6.45) is 1.68. The van der Waals surface area contributed by atoms with Crippen molar-refractivity contribution >= 4 is 5.91 Å². The maximum atomic E-state index is 11.7. The van der Waals surface area contributed by atoms with Crippen LogP contribution in [0.2, 0.25) is 0 Å². The van der Waals surface area contributed by atoms with E-state index in [0.29, 0.717) is 13.0 Å². The van der Waals surface area contributed by atoms with Gasteiger partial charge in [-0.3, -0.25) is 4.79 Å². The minimum absolute atomic E-state index is 0.0860. The number of nitrogens with one attached hydrogen (secondary N) is 2. The van der Waals surface area contributed by atoms with Crippen molar-refractivity contribution in [1.82, 2.24) is 10.6 Å². The molecule has 0 saturated carbocycles. The Hall–Kier alpha value is -1.39. The first kappa shape index (κ1) is 14.7. The van der Waals surface area contributed by atoms with Gasteiger partial charge in [-0.05, 0) is 24.9 Å². The fraction of sp³-hybridized carbons (Fsp3) is 0.500. The Morgan fingerprint density at radius 1 is 1.22 bits per heavy atom. The van der Waals surface area contributed by atoms with Crippen LogP contribution in [0.3, 0.4) is 0 Å². The van der Waals surface area contributed by atoms with E-state index < -0.39 is 6.04 Å². The van der Waals surface area contributed by atoms with Crippen LogP contribution in [-0.4, -0.2) is 31.6 Å². The van der Waals surface area contributed by atoms with E-state index in [-0.39, 0.29) is 5.91 Å². The van der Waals surface area contributed by atoms with Crippen molar-refractivity contribution < 1.29 is 4.79 Å². The standard InChI is InChI=1S/C14H23N3O/c1-2-8-16-9-10-17-14(18)13(15)11-12-6-4-3-5-7-12/h3-7,13,16H,2,8-11,15H2,1H3,(H,17,18)/t13-/m0/s1. The van der Waals surface area contributed by atoms with Gasteiger partial charge in [-0.1, -0.05) is 37.3 Å². The van der Waals surface area contributed by atoms with Crippen LogP contribution in [0.1, 0.15) is 18.9 Å². The molecule has 0 radical (unpaired) electrons. The molecule has 1 aromatic rings. The summed E-state index contributed by atoms with van der Waals surface area (Å²) in [4.78, 5) is 11.7. The summed E-state index contributed by atoms with van der Waals surface area (Å²) in [5.41, 5.74) is 6.94. The summed E-state index contributed by atoms with van der Waals surface area (Å²) in [5.74, 6) is -0.0860. The predicted molar refractivity (Wildman–Crippen MR) is 74.3 cm³/mol. The van der Waals surface area contributed by atoms with Gasteiger partial charge in [0.15, 0.2) is 0 Å². The third kappa shape index (κ3) is 5.80. The number of amides is 1. The first-order chi connectivity index (χ1) is 8.74. The maximum Gasteiger partial charge on any atom is 0.237 e. The summed E-state index contributed by atoms with van der Waals surface area (Å²) < 4.78 is 0. The molecular weight excluding hydrogens is 226 g/mol. The Morgan fingerprint density at radius 3 is 2.61 bits per heavy atom. The van der Waals surface area contributed by atoms with E-state index in [2.05, 4.69) is 17.6 Å². The fourth-order valence-electron chi connectivity index (χ4n) is 1.67. The van der Waals surface area contributed by atoms with Gasteiger partial charge < -0.3 is 16.4 Å². The van der Waals surface area contributed by atoms with Crippen LogP contribution in [0, 0.1) is 0 Å². The largest absolute Gasteiger partial charge is 0.353 e. The summed E-state index contributed by atoms with van der Waals surface area (Å²) in [6.45, 7) is 4.51. The van der Waals surface area contributed by atoms with Crippen LogP contribution in [0.4, 0.5) is 0 Å². The number of nitrogens with two attached hydrogens (primary N) is 1. The van der Waals surface area contributed by atoms with Gasteiger partial charge in [0, 0.05) is 13.1 Å². The summed E-state index contributed by atoms with van der Waals surface area (Å²) in [7, 11) is 0. The SMILES string of the molecule is CCCNCCNC(=O)[C@@H](N)Cc1ccccc1. The average molecular weight is 249 g/mol. The lowest BCUT2D eigenvalue weighted by Gasteiger charge is -2.12. The number of hydrogen-bond donors (Lipinski definition) is 3. The Kier molecular flexibility index (Phi) is 7.06. The van der Waals surface area contributed by atoms with Crippen molar-refractivity contribution in [3.05, 3.63) is 35.9 Å². The van der Waals surface area contributed by atoms with Gasteiger partial charge in [-0.15, -0.1) is 0 Å². The van der Waals surface area contributed by atoms with Gasteiger partial charge >= 0.3 is 0 Å². The number of carbonyl (C=O) groups excluding carboxylic acids is 1. The molecule has 4 N–H and O–H groups in total. The normalized spacial score (nSPS) is 12.1. The van der Waals surface area contributed by atoms with Crippen LogP contribution in [0.25, 0.3) is 0 Å². The molecule has 1 atom stereocenters. The van der Waals surface area contributed by atoms with E-state index >= 15 is 0 Å². The summed E-state index contributed by atoms with van der Waals surface area (Å²) in [6, 6.07) is 9.35. The molecule has 0 unspecified atom stereocenters. The second-order valence-corrected chi connectivity index (χ2v) is 4.34. The third-order valence-corrected chi connectivity index (χ3v) is 2.66. The number of hydrogen-bond acceptors (Lipinski definition) is 3. The molecule has 0 aliphatic carbocycles. The fourth-order valence-corrected chi connectivity index (χ4v) is 1.67. The summed E-state index contributed by atoms with van der Waals surface area (Å²) in [5, 5.41) is 6.06. The highest BCUT2D eigenvalue weighted by molar-refractivity contribution is 5.81. The van der Waals surface area contributed by atoms with Crippen molar-refractivity contribution in [2.75, 3.05) is 19.6 Å². The summed E-state index contributed by atoms with van der Waals surface area (Å²) >= 11 is 0. The number of benzene rings is 1. The highest BCUT2D eigenvalue weighted by atomic mass is 16.2. The van der Waals surface area contributed by atoms with Crippen LogP contribution in [0.5, 0.6) is 0 Å². The van der Waals surface area contributed by atoms with Gasteiger partial charge in [-0.2, -0.15) is 0 Å². The van der Waals surface area contributed by atoms with Gasteiger partial charge in [0.2, 0.25) is 5.91 Å². The molecule has 1 amide bonds. The Bertz CT molecular complexity index is 340. The van der Waals surface area contributed by atoms with Crippen LogP contribution < -0.4 is 16.4 Å². The number of rotatable bonds is 8. The second-order valence-electron chi connectivity index (χ2n) is 4.34. The molecule has 0 aliphatic heterocycles. The molecule has 0 bridgehead atoms. The van der Waals surface area contributed by atoms with E-state index in [1.165, 1.54) is 0 Å². The maximum absolute atomic E-state index is 11.7. The molecule has 0 heterocycles. The minimum atomic E-state index is -0.474. The zero-order valence-corrected chi connectivity index (χ0v) is 11.0. The third-order valence-electron chi connectivity index (χ3n) is 2.66. The molecule has 0 spiro atoms. The molecule has 0 fully saturated rings. The smallest absolute Gasteiger partial charge is 0.237 e. The first-order valence-electron chi connectivity index (χ1n) is 6.52. The lowest BCUT2D eigenvalue weighted by atomic mass is 10.1. The molecule has 4 heteroatoms. The molecule has 0 aromatic heterocycles. The van der Waals surface area contributed by atoms with E-state index in [4.69, 9.17) is 5.73 Å². The lowest BCUT2D eigenvalue weighted by Crippen LogP contribution is -2.44. The van der Waals surface area contributed by atoms with E-state index in [1.807, 2.05) is 30.3 Å². The van der Waals surface area contributed by atoms with E-state index in [1.54, 1.807) is 0 Å². The van der Waals surface area contributed by atoms with Crippen LogP contribution >= 0.6 is 0 Å². The monoisotopic (exact) mass is 249 g/mol. The van der Waals surface area contributed by atoms with Gasteiger partial charge in [0.25, 0.3) is 0 Å². The highest BCUT2D eigenvalue weighted by Gasteiger charge is 2.12. The minimum Gasteiger partial charge on any atom is -0.353 e. The zero-order chi connectivity index (χ0) is 13.2. The molecular formula is C14H23N3O. The van der Waals surface area contributed by atoms with E-state index in [9.17, 15) is 4.79 Å². The van der Waals surface area contributed by atoms with Gasteiger partial charge in [-0.25, -0.2) is 0 Å². The molecule has 0 aliphatic rings. The van der Waals surface area contributed by atoms with Crippen molar-refractivity contribution in [2.24, 2.45) is 5.73 Å². The van der Waals surface area contributed by atoms with Crippen LogP contribution in [0.15, 0.2) is 30.3 Å². The van der Waals surface area contributed by atoms with Crippen LogP contribution in [-0.2, 0) is 11.2 Å². The molecule has 18 heavy (non-hydrogen) atoms. The zero-order valence-electron chi connectivity index (χ0n) is 11.0. The first-order valence-corrected chi connectivity index (χ1v) is 6.52. The Morgan fingerprint density at radius 2 is 1.94 bits per heavy atom. The van der Waals surface area contributed by atoms with Crippen molar-refractivity contribution in [3.8, 4) is 0 Å². The van der Waals surface area contributed by atoms with Gasteiger partial charge in [0.05, 0.1) is 6.04 Å². The molecule has 1 rings (SSSR count). The second kappa shape index (κ2) is 8.66. The van der Waals surface area contributed by atoms with Crippen molar-refractivity contribution in [2.45, 2.75) is 25.8 Å². The molecule has 100 valence electrons. The quantitative estimate of drug-likeness (QED) is 0.593. The topological polar surface area (TPSA) is 67.1 Å². The average Bonchev–Trinajstić information content (AvgIpc) is 2.39. The predicted octanol–water partition coefficient (Wildman–Crippen LogP) is 0.672. The number of carbonyl (C=O) groups is 1. The Labute approximate surface area is 109 Å². The van der Waals surface area contributed by atoms with Crippen molar-refractivity contribution in [3.63, 3.8) is 0 Å². The Balaban J connectivity index is 2.21. The van der Waals surface area contributed by atoms with E-state index in [0.717, 1.165) is 25.1 Å².